The summed E-state index contributed by atoms with van der Waals surface area (Å²) in [5, 5.41) is 6.44. The second-order valence-electron chi connectivity index (χ2n) is 5.80. The van der Waals surface area contributed by atoms with E-state index in [4.69, 9.17) is 9.47 Å². The van der Waals surface area contributed by atoms with Crippen molar-refractivity contribution in [1.29, 1.82) is 0 Å². The molecule has 1 unspecified atom stereocenters. The maximum Gasteiger partial charge on any atom is 0.191 e. The normalized spacial score (nSPS) is 11.9. The first-order chi connectivity index (χ1) is 12.6. The number of hydrogen-bond acceptors (Lipinski definition) is 3. The van der Waals surface area contributed by atoms with Gasteiger partial charge in [0.15, 0.2) is 17.5 Å². The lowest BCUT2D eigenvalue weighted by atomic mass is 10.1. The maximum atomic E-state index is 13.6. The van der Waals surface area contributed by atoms with Crippen LogP contribution in [0.3, 0.4) is 0 Å². The van der Waals surface area contributed by atoms with Crippen LogP contribution in [0.5, 0.6) is 11.5 Å². The van der Waals surface area contributed by atoms with Gasteiger partial charge in [0, 0.05) is 13.6 Å². The lowest BCUT2D eigenvalue weighted by molar-refractivity contribution is 0.214. The van der Waals surface area contributed by atoms with Crippen LogP contribution in [0, 0.1) is 5.82 Å². The van der Waals surface area contributed by atoms with Gasteiger partial charge < -0.3 is 20.1 Å². The Kier molecular flexibility index (Phi) is 10.5. The molecule has 0 aliphatic heterocycles. The molecule has 148 valence electrons. The zero-order valence-corrected chi connectivity index (χ0v) is 18.2. The van der Waals surface area contributed by atoms with E-state index in [9.17, 15) is 4.39 Å². The first-order valence-corrected chi connectivity index (χ1v) is 8.61. The van der Waals surface area contributed by atoms with Gasteiger partial charge in [0.2, 0.25) is 0 Å². The lowest BCUT2D eigenvalue weighted by Gasteiger charge is -2.18. The van der Waals surface area contributed by atoms with Crippen molar-refractivity contribution in [3.05, 3.63) is 59.9 Å². The third-order valence-corrected chi connectivity index (χ3v) is 3.82. The van der Waals surface area contributed by atoms with Crippen molar-refractivity contribution < 1.29 is 13.9 Å². The van der Waals surface area contributed by atoms with Gasteiger partial charge in [0.25, 0.3) is 0 Å². The Morgan fingerprint density at radius 2 is 1.74 bits per heavy atom. The van der Waals surface area contributed by atoms with Crippen molar-refractivity contribution in [2.45, 2.75) is 19.4 Å². The van der Waals surface area contributed by atoms with E-state index < -0.39 is 0 Å². The first-order valence-electron chi connectivity index (χ1n) is 8.61. The average Bonchev–Trinajstić information content (AvgIpc) is 2.66. The van der Waals surface area contributed by atoms with Gasteiger partial charge in [0.05, 0.1) is 13.7 Å². The third kappa shape index (κ3) is 7.62. The van der Waals surface area contributed by atoms with E-state index in [0.29, 0.717) is 19.0 Å². The minimum atomic E-state index is -0.362. The highest BCUT2D eigenvalue weighted by atomic mass is 127. The molecule has 2 rings (SSSR count). The molecule has 5 nitrogen and oxygen atoms in total. The van der Waals surface area contributed by atoms with Crippen molar-refractivity contribution in [2.75, 3.05) is 27.2 Å². The molecule has 0 aliphatic carbocycles. The molecule has 2 aromatic carbocycles. The summed E-state index contributed by atoms with van der Waals surface area (Å²) in [5.74, 6) is 1.44. The molecule has 0 aliphatic rings. The highest BCUT2D eigenvalue weighted by molar-refractivity contribution is 14.0. The number of hydrogen-bond donors (Lipinski definition) is 2. The molecular formula is C20H27FIN3O2. The van der Waals surface area contributed by atoms with E-state index in [1.165, 1.54) is 6.07 Å². The fourth-order valence-electron chi connectivity index (χ4n) is 2.48. The molecule has 2 N–H and O–H groups in total. The minimum Gasteiger partial charge on any atom is -0.496 e. The number of guanidine groups is 1. The van der Waals surface area contributed by atoms with Crippen molar-refractivity contribution >= 4 is 29.9 Å². The Morgan fingerprint density at radius 3 is 2.41 bits per heavy atom. The van der Waals surface area contributed by atoms with Gasteiger partial charge in [-0.05, 0) is 37.1 Å². The summed E-state index contributed by atoms with van der Waals surface area (Å²) < 4.78 is 24.6. The van der Waals surface area contributed by atoms with Gasteiger partial charge in [-0.2, -0.15) is 0 Å². The summed E-state index contributed by atoms with van der Waals surface area (Å²) in [6.07, 6.45) is 0.603. The Morgan fingerprint density at radius 1 is 1.07 bits per heavy atom. The minimum absolute atomic E-state index is 0. The Labute approximate surface area is 177 Å². The van der Waals surface area contributed by atoms with Gasteiger partial charge in [0.1, 0.15) is 11.9 Å². The van der Waals surface area contributed by atoms with Gasteiger partial charge in [-0.1, -0.05) is 30.3 Å². The average molecular weight is 487 g/mol. The highest BCUT2D eigenvalue weighted by Crippen LogP contribution is 2.17. The van der Waals surface area contributed by atoms with Crippen LogP contribution in [0.2, 0.25) is 0 Å². The van der Waals surface area contributed by atoms with Gasteiger partial charge in [-0.15, -0.1) is 24.0 Å². The molecule has 0 heterocycles. The predicted octanol–water partition coefficient (Wildman–Crippen LogP) is 3.63. The molecule has 0 amide bonds. The second-order valence-corrected chi connectivity index (χ2v) is 5.80. The van der Waals surface area contributed by atoms with Crippen molar-refractivity contribution in [3.8, 4) is 11.5 Å². The summed E-state index contributed by atoms with van der Waals surface area (Å²) in [4.78, 5) is 4.19. The zero-order valence-electron chi connectivity index (χ0n) is 15.9. The monoisotopic (exact) mass is 487 g/mol. The third-order valence-electron chi connectivity index (χ3n) is 3.82. The summed E-state index contributed by atoms with van der Waals surface area (Å²) in [6.45, 7) is 3.09. The van der Waals surface area contributed by atoms with Crippen LogP contribution in [0.25, 0.3) is 0 Å². The zero-order chi connectivity index (χ0) is 18.8. The number of rotatable bonds is 8. The van der Waals surface area contributed by atoms with Crippen LogP contribution in [-0.2, 0) is 6.42 Å². The molecular weight excluding hydrogens is 460 g/mol. The van der Waals surface area contributed by atoms with E-state index in [-0.39, 0.29) is 41.6 Å². The molecule has 7 heteroatoms. The largest absolute Gasteiger partial charge is 0.496 e. The quantitative estimate of drug-likeness (QED) is 0.340. The van der Waals surface area contributed by atoms with Crippen LogP contribution >= 0.6 is 24.0 Å². The second kappa shape index (κ2) is 12.4. The van der Waals surface area contributed by atoms with Crippen molar-refractivity contribution in [1.82, 2.24) is 10.6 Å². The Hall–Kier alpha value is -2.03. The Balaban J connectivity index is 0.00000364. The molecule has 0 saturated heterocycles. The Bertz CT molecular complexity index is 728. The number of nitrogens with zero attached hydrogens (tertiary/aromatic N) is 1. The summed E-state index contributed by atoms with van der Waals surface area (Å²) in [7, 11) is 3.38. The number of benzene rings is 2. The smallest absolute Gasteiger partial charge is 0.191 e. The fraction of sp³-hybridized carbons (Fsp3) is 0.350. The number of nitrogens with one attached hydrogen (secondary N) is 2. The number of aliphatic imine (C=N–C) groups is 1. The summed E-state index contributed by atoms with van der Waals surface area (Å²) in [5.41, 5.74) is 1.13. The van der Waals surface area contributed by atoms with E-state index in [0.717, 1.165) is 17.7 Å². The maximum absolute atomic E-state index is 13.6. The van der Waals surface area contributed by atoms with Crippen LogP contribution in [0.15, 0.2) is 53.5 Å². The predicted molar refractivity (Wildman–Crippen MR) is 118 cm³/mol. The standard InChI is InChI=1S/C20H26FN3O2.HI/c1-15(26-19-11-7-5-9-17(19)21)14-24-20(22-2)23-13-12-16-8-4-6-10-18(16)25-3;/h4-11,15H,12-14H2,1-3H3,(H2,22,23,24);1H. The molecule has 27 heavy (non-hydrogen) atoms. The van der Waals surface area contributed by atoms with Crippen LogP contribution in [0.4, 0.5) is 4.39 Å². The van der Waals surface area contributed by atoms with Crippen molar-refractivity contribution in [3.63, 3.8) is 0 Å². The lowest BCUT2D eigenvalue weighted by Crippen LogP contribution is -2.42. The van der Waals surface area contributed by atoms with Gasteiger partial charge in [-0.3, -0.25) is 4.99 Å². The molecule has 0 radical (unpaired) electrons. The number of methoxy groups -OCH3 is 1. The molecule has 0 fully saturated rings. The fourth-order valence-corrected chi connectivity index (χ4v) is 2.48. The van der Waals surface area contributed by atoms with E-state index in [1.54, 1.807) is 32.4 Å². The molecule has 0 spiro atoms. The number of ether oxygens (including phenoxy) is 2. The van der Waals surface area contributed by atoms with E-state index in [2.05, 4.69) is 15.6 Å². The van der Waals surface area contributed by atoms with Crippen molar-refractivity contribution in [2.24, 2.45) is 4.99 Å². The van der Waals surface area contributed by atoms with E-state index in [1.807, 2.05) is 31.2 Å². The summed E-state index contributed by atoms with van der Waals surface area (Å²) in [6, 6.07) is 14.3. The molecule has 2 aromatic rings. The first kappa shape index (κ1) is 23.0. The number of para-hydroxylation sites is 2. The molecule has 0 aromatic heterocycles. The SMILES string of the molecule is CN=C(NCCc1ccccc1OC)NCC(C)Oc1ccccc1F.I. The van der Waals surface area contributed by atoms with Crippen LogP contribution in [-0.4, -0.2) is 39.3 Å². The topological polar surface area (TPSA) is 54.9 Å². The van der Waals surface area contributed by atoms with Crippen LogP contribution < -0.4 is 20.1 Å². The van der Waals surface area contributed by atoms with E-state index >= 15 is 0 Å². The molecule has 1 atom stereocenters. The molecule has 0 saturated carbocycles. The van der Waals surface area contributed by atoms with Gasteiger partial charge in [-0.25, -0.2) is 4.39 Å². The number of halogens is 2. The van der Waals surface area contributed by atoms with Crippen LogP contribution in [0.1, 0.15) is 12.5 Å². The highest BCUT2D eigenvalue weighted by Gasteiger charge is 2.09. The van der Waals surface area contributed by atoms with Gasteiger partial charge >= 0.3 is 0 Å². The molecule has 0 bridgehead atoms. The summed E-state index contributed by atoms with van der Waals surface area (Å²) >= 11 is 0.